The Labute approximate surface area is 213 Å². The number of hydrogen-bond donors (Lipinski definition) is 1. The van der Waals surface area contributed by atoms with Gasteiger partial charge in [-0.1, -0.05) is 18.2 Å². The monoisotopic (exact) mass is 502 g/mol. The number of likely N-dealkylation sites (N-methyl/N-ethyl adjacent to an activating group) is 1. The molecule has 0 aliphatic carbocycles. The lowest BCUT2D eigenvalue weighted by Crippen LogP contribution is -2.18. The second-order valence-corrected chi connectivity index (χ2v) is 8.90. The number of pyridine rings is 1. The lowest BCUT2D eigenvalue weighted by atomic mass is 10.0. The molecule has 0 radical (unpaired) electrons. The molecule has 190 valence electrons. The van der Waals surface area contributed by atoms with E-state index in [-0.39, 0.29) is 23.5 Å². The maximum Gasteiger partial charge on any atom is 0.260 e. The van der Waals surface area contributed by atoms with Gasteiger partial charge < -0.3 is 19.5 Å². The van der Waals surface area contributed by atoms with Gasteiger partial charge in [0, 0.05) is 36.5 Å². The normalized spacial score (nSPS) is 14.6. The highest BCUT2D eigenvalue weighted by atomic mass is 19.1. The third kappa shape index (κ3) is 5.56. The Morgan fingerprint density at radius 1 is 1.19 bits per heavy atom. The highest BCUT2D eigenvalue weighted by Gasteiger charge is 2.20. The first-order chi connectivity index (χ1) is 18.0. The largest absolute Gasteiger partial charge is 0.489 e. The summed E-state index contributed by atoms with van der Waals surface area (Å²) < 4.78 is 24.7. The summed E-state index contributed by atoms with van der Waals surface area (Å²) in [6.07, 6.45) is 9.51. The molecule has 1 aromatic carbocycles. The maximum atomic E-state index is 15.2. The van der Waals surface area contributed by atoms with E-state index in [4.69, 9.17) is 4.74 Å². The Morgan fingerprint density at radius 3 is 2.95 bits per heavy atom. The van der Waals surface area contributed by atoms with Crippen LogP contribution >= 0.6 is 0 Å². The van der Waals surface area contributed by atoms with Crippen LogP contribution < -0.4 is 10.1 Å². The molecule has 10 nitrogen and oxygen atoms in total. The SMILES string of the molecule is CN(C)CCn1cc(-c2cc3c(cc2F)OC/C=C\CCn2cnnc2-c2cccc(n2)NC3=O)cn1. The van der Waals surface area contributed by atoms with Gasteiger partial charge in [0.05, 0.1) is 18.3 Å². The maximum absolute atomic E-state index is 15.2. The summed E-state index contributed by atoms with van der Waals surface area (Å²) in [7, 11) is 3.95. The van der Waals surface area contributed by atoms with Gasteiger partial charge in [-0.25, -0.2) is 9.37 Å². The lowest BCUT2D eigenvalue weighted by molar-refractivity contribution is 0.102. The van der Waals surface area contributed by atoms with Crippen molar-refractivity contribution < 1.29 is 13.9 Å². The number of hydrogen-bond acceptors (Lipinski definition) is 7. The van der Waals surface area contributed by atoms with Crippen molar-refractivity contribution in [3.8, 4) is 28.4 Å². The summed E-state index contributed by atoms with van der Waals surface area (Å²) in [6, 6.07) is 8.02. The summed E-state index contributed by atoms with van der Waals surface area (Å²) in [5.41, 5.74) is 1.60. The number of rotatable bonds is 4. The molecule has 0 unspecified atom stereocenters. The highest BCUT2D eigenvalue weighted by Crippen LogP contribution is 2.31. The van der Waals surface area contributed by atoms with E-state index < -0.39 is 11.7 Å². The topological polar surface area (TPSA) is 103 Å². The predicted octanol–water partition coefficient (Wildman–Crippen LogP) is 3.50. The minimum absolute atomic E-state index is 0.145. The molecule has 0 fully saturated rings. The van der Waals surface area contributed by atoms with E-state index in [1.807, 2.05) is 41.8 Å². The number of carbonyl (C=O) groups is 1. The first kappa shape index (κ1) is 24.3. The first-order valence-electron chi connectivity index (χ1n) is 11.9. The summed E-state index contributed by atoms with van der Waals surface area (Å²) in [5.74, 6) is 0.108. The number of ether oxygens (including phenoxy) is 1. The molecule has 1 amide bonds. The van der Waals surface area contributed by atoms with Gasteiger partial charge in [-0.05, 0) is 38.7 Å². The van der Waals surface area contributed by atoms with Crippen LogP contribution in [0.2, 0.25) is 0 Å². The number of fused-ring (bicyclic) bond motifs is 5. The number of allylic oxidation sites excluding steroid dienone is 1. The summed E-state index contributed by atoms with van der Waals surface area (Å²) in [4.78, 5) is 20.0. The van der Waals surface area contributed by atoms with E-state index in [1.54, 1.807) is 35.5 Å². The minimum atomic E-state index is -0.501. The number of carbonyl (C=O) groups excluding carboxylic acids is 1. The van der Waals surface area contributed by atoms with Gasteiger partial charge in [0.1, 0.15) is 36.0 Å². The number of aryl methyl sites for hydroxylation is 1. The zero-order valence-electron chi connectivity index (χ0n) is 20.6. The molecule has 3 aromatic heterocycles. The Balaban J connectivity index is 1.51. The summed E-state index contributed by atoms with van der Waals surface area (Å²) in [6.45, 7) is 2.28. The molecule has 1 N–H and O–H groups in total. The molecule has 4 heterocycles. The van der Waals surface area contributed by atoms with Crippen LogP contribution in [0.1, 0.15) is 16.8 Å². The fraction of sp³-hybridized carbons (Fsp3) is 0.269. The highest BCUT2D eigenvalue weighted by molar-refractivity contribution is 6.06. The smallest absolute Gasteiger partial charge is 0.260 e. The molecule has 11 heteroatoms. The molecule has 1 aliphatic heterocycles. The van der Waals surface area contributed by atoms with Crippen LogP contribution in [0.3, 0.4) is 0 Å². The number of anilines is 1. The van der Waals surface area contributed by atoms with Crippen LogP contribution in [0.15, 0.2) is 61.2 Å². The van der Waals surface area contributed by atoms with Crippen LogP contribution in [0, 0.1) is 5.82 Å². The number of aromatic nitrogens is 6. The van der Waals surface area contributed by atoms with Gasteiger partial charge in [0.2, 0.25) is 0 Å². The van der Waals surface area contributed by atoms with Gasteiger partial charge in [-0.15, -0.1) is 10.2 Å². The van der Waals surface area contributed by atoms with Crippen molar-refractivity contribution in [2.45, 2.75) is 19.5 Å². The third-order valence-corrected chi connectivity index (χ3v) is 5.91. The van der Waals surface area contributed by atoms with E-state index in [9.17, 15) is 4.79 Å². The van der Waals surface area contributed by atoms with Crippen LogP contribution in [0.25, 0.3) is 22.6 Å². The van der Waals surface area contributed by atoms with Gasteiger partial charge in [-0.2, -0.15) is 5.10 Å². The van der Waals surface area contributed by atoms with Crippen molar-refractivity contribution in [3.63, 3.8) is 0 Å². The van der Waals surface area contributed by atoms with Crippen LogP contribution in [0.5, 0.6) is 5.75 Å². The number of nitrogens with one attached hydrogen (secondary N) is 1. The predicted molar refractivity (Wildman–Crippen MR) is 137 cm³/mol. The molecule has 0 atom stereocenters. The van der Waals surface area contributed by atoms with Crippen molar-refractivity contribution in [2.75, 3.05) is 32.6 Å². The average molecular weight is 503 g/mol. The van der Waals surface area contributed by atoms with Crippen LogP contribution in [-0.2, 0) is 13.1 Å². The molecular weight excluding hydrogens is 475 g/mol. The molecule has 0 saturated heterocycles. The molecule has 37 heavy (non-hydrogen) atoms. The van der Waals surface area contributed by atoms with Crippen molar-refractivity contribution in [2.24, 2.45) is 0 Å². The Hall–Kier alpha value is -4.38. The molecule has 2 bridgehead atoms. The third-order valence-electron chi connectivity index (χ3n) is 5.91. The fourth-order valence-electron chi connectivity index (χ4n) is 3.97. The molecular formula is C26H27FN8O2. The van der Waals surface area contributed by atoms with Gasteiger partial charge in [0.25, 0.3) is 5.91 Å². The van der Waals surface area contributed by atoms with E-state index in [2.05, 4.69) is 25.6 Å². The van der Waals surface area contributed by atoms with E-state index in [0.717, 1.165) is 6.54 Å². The van der Waals surface area contributed by atoms with E-state index in [0.29, 0.717) is 42.4 Å². The molecule has 0 spiro atoms. The number of benzene rings is 1. The van der Waals surface area contributed by atoms with Crippen molar-refractivity contribution in [1.82, 2.24) is 34.4 Å². The quantitative estimate of drug-likeness (QED) is 0.426. The first-order valence-corrected chi connectivity index (χ1v) is 11.9. The zero-order chi connectivity index (χ0) is 25.8. The fourth-order valence-corrected chi connectivity index (χ4v) is 3.97. The Morgan fingerprint density at radius 2 is 2.08 bits per heavy atom. The number of amides is 1. The van der Waals surface area contributed by atoms with Crippen LogP contribution in [0.4, 0.5) is 10.2 Å². The zero-order valence-corrected chi connectivity index (χ0v) is 20.6. The number of halogens is 1. The minimum Gasteiger partial charge on any atom is -0.489 e. The van der Waals surface area contributed by atoms with Gasteiger partial charge in [-0.3, -0.25) is 9.48 Å². The van der Waals surface area contributed by atoms with Crippen molar-refractivity contribution >= 4 is 11.7 Å². The molecule has 4 aromatic rings. The second kappa shape index (κ2) is 10.7. The van der Waals surface area contributed by atoms with Gasteiger partial charge in [0.15, 0.2) is 5.82 Å². The lowest BCUT2D eigenvalue weighted by Gasteiger charge is -2.13. The standard InChI is InChI=1S/C26H27FN8O2/c1-33(2)10-11-35-16-18(15-29-35)19-13-20-23(14-21(19)27)37-12-5-3-4-9-34-17-28-32-25(34)22-7-6-8-24(30-22)31-26(20)36/h3,5-8,13-17H,4,9-12H2,1-2H3,(H,30,31,36)/b5-3-. The number of nitrogens with zero attached hydrogens (tertiary/aromatic N) is 7. The molecule has 5 rings (SSSR count). The van der Waals surface area contributed by atoms with Gasteiger partial charge >= 0.3 is 0 Å². The second-order valence-electron chi connectivity index (χ2n) is 8.90. The molecule has 1 aliphatic rings. The summed E-state index contributed by atoms with van der Waals surface area (Å²) >= 11 is 0. The molecule has 0 saturated carbocycles. The van der Waals surface area contributed by atoms with Crippen molar-refractivity contribution in [1.29, 1.82) is 0 Å². The van der Waals surface area contributed by atoms with E-state index >= 15 is 4.39 Å². The Bertz CT molecular complexity index is 1440. The average Bonchev–Trinajstić information content (AvgIpc) is 3.54. The van der Waals surface area contributed by atoms with E-state index in [1.165, 1.54) is 12.1 Å². The van der Waals surface area contributed by atoms with Crippen LogP contribution in [-0.4, -0.2) is 67.6 Å². The van der Waals surface area contributed by atoms with Crippen molar-refractivity contribution in [3.05, 3.63) is 72.6 Å². The summed E-state index contributed by atoms with van der Waals surface area (Å²) in [5, 5.41) is 15.3. The Kier molecular flexibility index (Phi) is 7.04.